The standard InChI is InChI=1S/C13H20N2O/c1-9-3-5-11(7-9)14-8-12-13(16)6-4-10(2)15-12/h4,6,9,11,14,16H,3,5,7-8H2,1-2H3. The van der Waals surface area contributed by atoms with Crippen LogP contribution in [-0.2, 0) is 6.54 Å². The van der Waals surface area contributed by atoms with Crippen molar-refractivity contribution in [3.8, 4) is 5.75 Å². The van der Waals surface area contributed by atoms with E-state index in [4.69, 9.17) is 0 Å². The minimum Gasteiger partial charge on any atom is -0.506 e. The first-order valence-electron chi connectivity index (χ1n) is 6.04. The number of aryl methyl sites for hydroxylation is 1. The number of hydrogen-bond donors (Lipinski definition) is 2. The lowest BCUT2D eigenvalue weighted by Crippen LogP contribution is -2.26. The molecule has 1 aromatic heterocycles. The van der Waals surface area contributed by atoms with Crippen LogP contribution >= 0.6 is 0 Å². The zero-order valence-corrected chi connectivity index (χ0v) is 10.0. The summed E-state index contributed by atoms with van der Waals surface area (Å²) in [6.07, 6.45) is 3.80. The molecule has 0 spiro atoms. The van der Waals surface area contributed by atoms with Crippen molar-refractivity contribution in [1.82, 2.24) is 10.3 Å². The van der Waals surface area contributed by atoms with Gasteiger partial charge in [0.2, 0.25) is 0 Å². The summed E-state index contributed by atoms with van der Waals surface area (Å²) in [6, 6.07) is 4.14. The molecule has 16 heavy (non-hydrogen) atoms. The van der Waals surface area contributed by atoms with E-state index in [2.05, 4.69) is 17.2 Å². The van der Waals surface area contributed by atoms with Crippen molar-refractivity contribution in [2.45, 2.75) is 45.7 Å². The van der Waals surface area contributed by atoms with Gasteiger partial charge >= 0.3 is 0 Å². The maximum absolute atomic E-state index is 9.66. The van der Waals surface area contributed by atoms with Gasteiger partial charge in [-0.2, -0.15) is 0 Å². The van der Waals surface area contributed by atoms with Gasteiger partial charge in [0.1, 0.15) is 5.75 Å². The van der Waals surface area contributed by atoms with Crippen LogP contribution in [0.1, 0.15) is 37.6 Å². The first-order valence-corrected chi connectivity index (χ1v) is 6.04. The van der Waals surface area contributed by atoms with Crippen molar-refractivity contribution < 1.29 is 5.11 Å². The molecule has 1 aliphatic rings. The lowest BCUT2D eigenvalue weighted by Gasteiger charge is -2.12. The zero-order chi connectivity index (χ0) is 11.5. The summed E-state index contributed by atoms with van der Waals surface area (Å²) >= 11 is 0. The number of nitrogens with one attached hydrogen (secondary N) is 1. The lowest BCUT2D eigenvalue weighted by atomic mass is 10.1. The van der Waals surface area contributed by atoms with Crippen molar-refractivity contribution in [3.63, 3.8) is 0 Å². The quantitative estimate of drug-likeness (QED) is 0.822. The molecule has 0 aromatic carbocycles. The Morgan fingerprint density at radius 2 is 2.25 bits per heavy atom. The third-order valence-electron chi connectivity index (χ3n) is 3.34. The molecule has 0 aliphatic heterocycles. The molecule has 2 rings (SSSR count). The highest BCUT2D eigenvalue weighted by Gasteiger charge is 2.20. The Morgan fingerprint density at radius 1 is 1.44 bits per heavy atom. The maximum atomic E-state index is 9.66. The molecule has 0 saturated heterocycles. The van der Waals surface area contributed by atoms with E-state index < -0.39 is 0 Å². The average Bonchev–Trinajstić information content (AvgIpc) is 2.66. The second kappa shape index (κ2) is 4.83. The Kier molecular flexibility index (Phi) is 3.44. The Bertz CT molecular complexity index is 365. The fourth-order valence-corrected chi connectivity index (χ4v) is 2.37. The highest BCUT2D eigenvalue weighted by atomic mass is 16.3. The van der Waals surface area contributed by atoms with Crippen molar-refractivity contribution in [1.29, 1.82) is 0 Å². The molecule has 1 heterocycles. The molecule has 0 bridgehead atoms. The molecular weight excluding hydrogens is 200 g/mol. The molecule has 3 nitrogen and oxygen atoms in total. The molecule has 1 aliphatic carbocycles. The van der Waals surface area contributed by atoms with Gasteiger partial charge in [-0.15, -0.1) is 0 Å². The normalized spacial score (nSPS) is 24.9. The fourth-order valence-electron chi connectivity index (χ4n) is 2.37. The lowest BCUT2D eigenvalue weighted by molar-refractivity contribution is 0.446. The number of pyridine rings is 1. The summed E-state index contributed by atoms with van der Waals surface area (Å²) in [6.45, 7) is 4.91. The average molecular weight is 220 g/mol. The van der Waals surface area contributed by atoms with Crippen LogP contribution in [0.25, 0.3) is 0 Å². The Hall–Kier alpha value is -1.09. The van der Waals surface area contributed by atoms with E-state index in [1.807, 2.05) is 13.0 Å². The molecule has 3 heteroatoms. The van der Waals surface area contributed by atoms with E-state index in [1.165, 1.54) is 19.3 Å². The molecule has 1 aromatic rings. The molecule has 2 N–H and O–H groups in total. The molecule has 1 fully saturated rings. The highest BCUT2D eigenvalue weighted by Crippen LogP contribution is 2.25. The largest absolute Gasteiger partial charge is 0.506 e. The number of hydrogen-bond acceptors (Lipinski definition) is 3. The van der Waals surface area contributed by atoms with Crippen LogP contribution in [0.3, 0.4) is 0 Å². The zero-order valence-electron chi connectivity index (χ0n) is 10.0. The third-order valence-corrected chi connectivity index (χ3v) is 3.34. The Morgan fingerprint density at radius 3 is 2.94 bits per heavy atom. The van der Waals surface area contributed by atoms with Gasteiger partial charge in [0.25, 0.3) is 0 Å². The Balaban J connectivity index is 1.91. The van der Waals surface area contributed by atoms with Gasteiger partial charge in [-0.25, -0.2) is 0 Å². The molecule has 0 amide bonds. The number of aromatic hydroxyl groups is 1. The summed E-state index contributed by atoms with van der Waals surface area (Å²) in [5.74, 6) is 1.13. The minimum atomic E-state index is 0.296. The van der Waals surface area contributed by atoms with Crippen LogP contribution in [-0.4, -0.2) is 16.1 Å². The van der Waals surface area contributed by atoms with E-state index in [9.17, 15) is 5.11 Å². The van der Waals surface area contributed by atoms with E-state index >= 15 is 0 Å². The van der Waals surface area contributed by atoms with Crippen LogP contribution in [0, 0.1) is 12.8 Å². The summed E-state index contributed by atoms with van der Waals surface area (Å²) in [5, 5.41) is 13.1. The first kappa shape index (κ1) is 11.4. The smallest absolute Gasteiger partial charge is 0.138 e. The fraction of sp³-hybridized carbons (Fsp3) is 0.615. The van der Waals surface area contributed by atoms with E-state index in [1.54, 1.807) is 6.07 Å². The van der Waals surface area contributed by atoms with Crippen LogP contribution in [0.4, 0.5) is 0 Å². The second-order valence-corrected chi connectivity index (χ2v) is 4.91. The Labute approximate surface area is 96.9 Å². The monoisotopic (exact) mass is 220 g/mol. The van der Waals surface area contributed by atoms with Gasteiger partial charge in [-0.05, 0) is 44.2 Å². The van der Waals surface area contributed by atoms with Crippen LogP contribution < -0.4 is 5.32 Å². The molecule has 1 saturated carbocycles. The van der Waals surface area contributed by atoms with Crippen molar-refractivity contribution >= 4 is 0 Å². The molecule has 2 unspecified atom stereocenters. The van der Waals surface area contributed by atoms with E-state index in [0.29, 0.717) is 18.3 Å². The van der Waals surface area contributed by atoms with Gasteiger partial charge in [0.05, 0.1) is 5.69 Å². The number of rotatable bonds is 3. The molecule has 88 valence electrons. The predicted molar refractivity (Wildman–Crippen MR) is 64.3 cm³/mol. The summed E-state index contributed by atoms with van der Waals surface area (Å²) in [7, 11) is 0. The maximum Gasteiger partial charge on any atom is 0.138 e. The summed E-state index contributed by atoms with van der Waals surface area (Å²) in [5.41, 5.74) is 1.72. The summed E-state index contributed by atoms with van der Waals surface area (Å²) in [4.78, 5) is 4.34. The first-order chi connectivity index (χ1) is 7.65. The molecule has 2 atom stereocenters. The summed E-state index contributed by atoms with van der Waals surface area (Å²) < 4.78 is 0. The highest BCUT2D eigenvalue weighted by molar-refractivity contribution is 5.27. The van der Waals surface area contributed by atoms with Crippen LogP contribution in [0.5, 0.6) is 5.75 Å². The SMILES string of the molecule is Cc1ccc(O)c(CNC2CCC(C)C2)n1. The number of nitrogens with zero attached hydrogens (tertiary/aromatic N) is 1. The number of aromatic nitrogens is 1. The van der Waals surface area contributed by atoms with Crippen molar-refractivity contribution in [2.75, 3.05) is 0 Å². The van der Waals surface area contributed by atoms with E-state index in [-0.39, 0.29) is 0 Å². The van der Waals surface area contributed by atoms with E-state index in [0.717, 1.165) is 17.3 Å². The third kappa shape index (κ3) is 2.73. The minimum absolute atomic E-state index is 0.296. The van der Waals surface area contributed by atoms with Crippen LogP contribution in [0.2, 0.25) is 0 Å². The molecular formula is C13H20N2O. The van der Waals surface area contributed by atoms with Gasteiger partial charge in [0.15, 0.2) is 0 Å². The predicted octanol–water partition coefficient (Wildman–Crippen LogP) is 2.37. The van der Waals surface area contributed by atoms with Gasteiger partial charge in [-0.3, -0.25) is 4.98 Å². The van der Waals surface area contributed by atoms with Crippen LogP contribution in [0.15, 0.2) is 12.1 Å². The van der Waals surface area contributed by atoms with Gasteiger partial charge in [-0.1, -0.05) is 6.92 Å². The van der Waals surface area contributed by atoms with Crippen molar-refractivity contribution in [2.24, 2.45) is 5.92 Å². The second-order valence-electron chi connectivity index (χ2n) is 4.91. The topological polar surface area (TPSA) is 45.1 Å². The van der Waals surface area contributed by atoms with Crippen molar-refractivity contribution in [3.05, 3.63) is 23.5 Å². The van der Waals surface area contributed by atoms with Gasteiger partial charge in [0, 0.05) is 18.3 Å². The van der Waals surface area contributed by atoms with Gasteiger partial charge < -0.3 is 10.4 Å². The molecule has 0 radical (unpaired) electrons.